The van der Waals surface area contributed by atoms with Gasteiger partial charge in [0.25, 0.3) is 0 Å². The van der Waals surface area contributed by atoms with Gasteiger partial charge in [0.2, 0.25) is 6.79 Å². The summed E-state index contributed by atoms with van der Waals surface area (Å²) >= 11 is 6.13. The zero-order valence-corrected chi connectivity index (χ0v) is 19.1. The van der Waals surface area contributed by atoms with E-state index in [1.54, 1.807) is 29.1 Å². The third-order valence-electron chi connectivity index (χ3n) is 5.18. The van der Waals surface area contributed by atoms with Crippen molar-refractivity contribution in [3.05, 3.63) is 76.3 Å². The fraction of sp³-hybridized carbons (Fsp3) is 0.261. The van der Waals surface area contributed by atoms with Crippen LogP contribution < -0.4 is 0 Å². The zero-order valence-electron chi connectivity index (χ0n) is 18.3. The SMILES string of the molecule is COC(=O)OCOC(=O)CC[C@@H]1N=C(c2ccccn2)c2cc(Cl)c(F)cc2-n2c(C)cnc21. The predicted molar refractivity (Wildman–Crippen MR) is 120 cm³/mol. The summed E-state index contributed by atoms with van der Waals surface area (Å²) in [6, 6.07) is 7.67. The number of rotatable bonds is 6. The Labute approximate surface area is 199 Å². The molecule has 1 atom stereocenters. The molecular formula is C23H20ClFN4O5. The molecule has 0 unspecified atom stereocenters. The van der Waals surface area contributed by atoms with Crippen molar-refractivity contribution in [2.75, 3.05) is 13.9 Å². The van der Waals surface area contributed by atoms with Gasteiger partial charge >= 0.3 is 12.1 Å². The Bertz CT molecular complexity index is 1260. The molecule has 176 valence electrons. The minimum atomic E-state index is -0.956. The maximum atomic E-state index is 14.5. The second kappa shape index (κ2) is 10.0. The fourth-order valence-corrected chi connectivity index (χ4v) is 3.79. The Balaban J connectivity index is 1.70. The minimum Gasteiger partial charge on any atom is -0.438 e. The standard InChI is InChI=1S/C23H20ClFN4O5/c1-13-11-27-22-18(6-7-20(30)33-12-34-23(31)32-2)28-21(17-5-3-4-8-26-17)14-9-15(24)16(25)10-19(14)29(13)22/h3-5,8-11,18H,6-7,12H2,1-2H3/t18-/m0/s1. The van der Waals surface area contributed by atoms with E-state index in [1.807, 2.05) is 13.0 Å². The fourth-order valence-electron chi connectivity index (χ4n) is 3.63. The molecule has 1 aliphatic rings. The number of imidazole rings is 1. The number of aromatic nitrogens is 3. The lowest BCUT2D eigenvalue weighted by Crippen LogP contribution is -2.14. The van der Waals surface area contributed by atoms with Crippen molar-refractivity contribution in [2.45, 2.75) is 25.8 Å². The van der Waals surface area contributed by atoms with Crippen LogP contribution in [-0.4, -0.2) is 46.3 Å². The van der Waals surface area contributed by atoms with Crippen molar-refractivity contribution in [1.82, 2.24) is 14.5 Å². The van der Waals surface area contributed by atoms with Gasteiger partial charge in [-0.1, -0.05) is 17.7 Å². The molecule has 0 amide bonds. The van der Waals surface area contributed by atoms with Crippen LogP contribution in [0.1, 0.15) is 41.7 Å². The van der Waals surface area contributed by atoms with Gasteiger partial charge in [0.1, 0.15) is 17.7 Å². The zero-order chi connectivity index (χ0) is 24.2. The van der Waals surface area contributed by atoms with Crippen molar-refractivity contribution in [2.24, 2.45) is 4.99 Å². The molecule has 0 spiro atoms. The lowest BCUT2D eigenvalue weighted by atomic mass is 10.0. The normalized spacial score (nSPS) is 14.4. The molecule has 1 aromatic carbocycles. The molecule has 3 aromatic rings. The average Bonchev–Trinajstić information content (AvgIpc) is 3.16. The maximum Gasteiger partial charge on any atom is 0.510 e. The first-order valence-electron chi connectivity index (χ1n) is 10.3. The van der Waals surface area contributed by atoms with E-state index in [2.05, 4.69) is 19.4 Å². The van der Waals surface area contributed by atoms with Crippen molar-refractivity contribution >= 4 is 29.4 Å². The monoisotopic (exact) mass is 486 g/mol. The number of fused-ring (bicyclic) bond motifs is 3. The van der Waals surface area contributed by atoms with Crippen LogP contribution in [0.2, 0.25) is 5.02 Å². The summed E-state index contributed by atoms with van der Waals surface area (Å²) in [5, 5.41) is -0.0469. The summed E-state index contributed by atoms with van der Waals surface area (Å²) in [4.78, 5) is 37.0. The number of halogens is 2. The highest BCUT2D eigenvalue weighted by Crippen LogP contribution is 2.35. The third-order valence-corrected chi connectivity index (χ3v) is 5.47. The van der Waals surface area contributed by atoms with Gasteiger partial charge in [0, 0.05) is 36.1 Å². The predicted octanol–water partition coefficient (Wildman–Crippen LogP) is 4.32. The molecule has 0 fully saturated rings. The van der Waals surface area contributed by atoms with Crippen LogP contribution in [0.4, 0.5) is 9.18 Å². The molecule has 2 aromatic heterocycles. The molecule has 1 aliphatic heterocycles. The van der Waals surface area contributed by atoms with Crippen LogP contribution >= 0.6 is 11.6 Å². The van der Waals surface area contributed by atoms with Gasteiger partial charge in [-0.3, -0.25) is 19.3 Å². The van der Waals surface area contributed by atoms with Gasteiger partial charge in [-0.05, 0) is 31.5 Å². The number of esters is 1. The molecule has 0 bridgehead atoms. The number of carbonyl (C=O) groups is 2. The van der Waals surface area contributed by atoms with E-state index in [4.69, 9.17) is 21.3 Å². The molecule has 0 saturated carbocycles. The van der Waals surface area contributed by atoms with Crippen LogP contribution in [0.5, 0.6) is 0 Å². The van der Waals surface area contributed by atoms with E-state index >= 15 is 0 Å². The molecule has 0 radical (unpaired) electrons. The van der Waals surface area contributed by atoms with E-state index in [1.165, 1.54) is 12.1 Å². The number of aryl methyl sites for hydroxylation is 1. The Kier molecular flexibility index (Phi) is 6.87. The largest absolute Gasteiger partial charge is 0.510 e. The van der Waals surface area contributed by atoms with Crippen LogP contribution in [0.25, 0.3) is 5.69 Å². The number of methoxy groups -OCH3 is 1. The van der Waals surface area contributed by atoms with Crippen LogP contribution in [0, 0.1) is 12.7 Å². The number of ether oxygens (including phenoxy) is 3. The first kappa shape index (κ1) is 23.4. The highest BCUT2D eigenvalue weighted by Gasteiger charge is 2.29. The maximum absolute atomic E-state index is 14.5. The second-order valence-corrected chi connectivity index (χ2v) is 7.76. The Morgan fingerprint density at radius 2 is 2.03 bits per heavy atom. The van der Waals surface area contributed by atoms with E-state index in [-0.39, 0.29) is 17.9 Å². The summed E-state index contributed by atoms with van der Waals surface area (Å²) in [5.41, 5.74) is 2.93. The van der Waals surface area contributed by atoms with Crippen LogP contribution in [0.3, 0.4) is 0 Å². The Morgan fingerprint density at radius 3 is 2.76 bits per heavy atom. The molecule has 11 heteroatoms. The molecule has 3 heterocycles. The molecule has 4 rings (SSSR count). The lowest BCUT2D eigenvalue weighted by Gasteiger charge is -2.14. The van der Waals surface area contributed by atoms with Crippen LogP contribution in [0.15, 0.2) is 47.7 Å². The summed E-state index contributed by atoms with van der Waals surface area (Å²) in [7, 11) is 1.15. The van der Waals surface area contributed by atoms with Gasteiger partial charge in [-0.25, -0.2) is 14.2 Å². The minimum absolute atomic E-state index is 0.0361. The van der Waals surface area contributed by atoms with Gasteiger partial charge in [-0.2, -0.15) is 0 Å². The van der Waals surface area contributed by atoms with Gasteiger partial charge in [0.05, 0.1) is 29.2 Å². The summed E-state index contributed by atoms with van der Waals surface area (Å²) in [6.45, 7) is 1.28. The van der Waals surface area contributed by atoms with Crippen molar-refractivity contribution in [3.63, 3.8) is 0 Å². The second-order valence-electron chi connectivity index (χ2n) is 7.36. The number of benzene rings is 1. The number of aliphatic imine (C=N–C) groups is 1. The van der Waals surface area contributed by atoms with Crippen molar-refractivity contribution < 1.29 is 28.2 Å². The molecule has 0 saturated heterocycles. The molecule has 0 N–H and O–H groups in total. The molecular weight excluding hydrogens is 467 g/mol. The van der Waals surface area contributed by atoms with Gasteiger partial charge in [0.15, 0.2) is 0 Å². The first-order valence-corrected chi connectivity index (χ1v) is 10.7. The quantitative estimate of drug-likeness (QED) is 0.377. The van der Waals surface area contributed by atoms with Gasteiger partial charge in [-0.15, -0.1) is 0 Å². The number of carbonyl (C=O) groups excluding carboxylic acids is 2. The number of hydrogen-bond acceptors (Lipinski definition) is 8. The smallest absolute Gasteiger partial charge is 0.438 e. The van der Waals surface area contributed by atoms with Crippen LogP contribution in [-0.2, 0) is 19.0 Å². The number of pyridine rings is 1. The highest BCUT2D eigenvalue weighted by atomic mass is 35.5. The molecule has 0 aliphatic carbocycles. The van der Waals surface area contributed by atoms with Crippen molar-refractivity contribution in [3.8, 4) is 5.69 Å². The van der Waals surface area contributed by atoms with E-state index in [0.29, 0.717) is 28.5 Å². The summed E-state index contributed by atoms with van der Waals surface area (Å²) in [5.74, 6) is -0.637. The average molecular weight is 487 g/mol. The molecule has 9 nitrogen and oxygen atoms in total. The Hall–Kier alpha value is -3.79. The third kappa shape index (κ3) is 4.76. The first-order chi connectivity index (χ1) is 16.4. The Morgan fingerprint density at radius 1 is 1.21 bits per heavy atom. The van der Waals surface area contributed by atoms with Crippen molar-refractivity contribution in [1.29, 1.82) is 0 Å². The number of hydrogen-bond donors (Lipinski definition) is 0. The highest BCUT2D eigenvalue weighted by molar-refractivity contribution is 6.31. The summed E-state index contributed by atoms with van der Waals surface area (Å²) < 4.78 is 30.1. The van der Waals surface area contributed by atoms with E-state index in [0.717, 1.165) is 12.8 Å². The summed E-state index contributed by atoms with van der Waals surface area (Å²) in [6.07, 6.45) is 2.52. The van der Waals surface area contributed by atoms with Gasteiger partial charge < -0.3 is 14.2 Å². The topological polar surface area (TPSA) is 105 Å². The van der Waals surface area contributed by atoms with E-state index in [9.17, 15) is 14.0 Å². The number of nitrogens with zero attached hydrogens (tertiary/aromatic N) is 4. The molecule has 34 heavy (non-hydrogen) atoms. The van der Waals surface area contributed by atoms with E-state index < -0.39 is 30.8 Å². The lowest BCUT2D eigenvalue weighted by molar-refractivity contribution is -0.153.